The van der Waals surface area contributed by atoms with Gasteiger partial charge in [0, 0.05) is 17.3 Å². The van der Waals surface area contributed by atoms with E-state index in [4.69, 9.17) is 11.8 Å². The summed E-state index contributed by atoms with van der Waals surface area (Å²) < 4.78 is 29.8. The van der Waals surface area contributed by atoms with Gasteiger partial charge in [-0.3, -0.25) is 14.4 Å². The van der Waals surface area contributed by atoms with Gasteiger partial charge in [0.25, 0.3) is 10.0 Å². The normalized spacial score (nSPS) is 23.8. The van der Waals surface area contributed by atoms with Crippen molar-refractivity contribution in [2.45, 2.75) is 50.8 Å². The molecule has 2 N–H and O–H groups in total. The van der Waals surface area contributed by atoms with E-state index < -0.39 is 27.1 Å². The lowest BCUT2D eigenvalue weighted by Gasteiger charge is -2.39. The number of rotatable bonds is 4. The number of anilines is 2. The number of hydrogen-bond acceptors (Lipinski definition) is 6. The summed E-state index contributed by atoms with van der Waals surface area (Å²) in [6.45, 7) is 8.12. The van der Waals surface area contributed by atoms with Crippen LogP contribution in [0, 0.1) is 11.3 Å². The van der Waals surface area contributed by atoms with Crippen LogP contribution >= 0.6 is 11.8 Å². The molecule has 9 heteroatoms. The predicted molar refractivity (Wildman–Crippen MR) is 129 cm³/mol. The highest BCUT2D eigenvalue weighted by atomic mass is 35.5. The number of halogens is 1. The molecule has 1 aliphatic carbocycles. The van der Waals surface area contributed by atoms with E-state index in [1.807, 2.05) is 19.1 Å². The third kappa shape index (κ3) is 4.06. The molecule has 2 atom stereocenters. The molecule has 2 aromatic carbocycles. The number of benzene rings is 2. The van der Waals surface area contributed by atoms with Crippen LogP contribution in [0.25, 0.3) is 0 Å². The standard InChI is InChI=1S/C24H26ClN3O4S/c1-23(2,3)11-12-24(4)16-8-6-5-7-15(16)20(29)19(21(24)30)22-26-17-10-9-14(27-25)13-18(17)33(31,32)28-22/h5-10,13,19,27H,11-12H2,1-4H3,(H,26,28). The Morgan fingerprint density at radius 2 is 1.85 bits per heavy atom. The second-order valence-corrected chi connectivity index (χ2v) is 11.7. The molecule has 0 fully saturated rings. The van der Waals surface area contributed by atoms with E-state index in [1.54, 1.807) is 18.2 Å². The van der Waals surface area contributed by atoms with Gasteiger partial charge in [0.2, 0.25) is 0 Å². The zero-order valence-corrected chi connectivity index (χ0v) is 20.5. The molecule has 0 aromatic heterocycles. The average molecular weight is 488 g/mol. The lowest BCUT2D eigenvalue weighted by molar-refractivity contribution is -0.125. The van der Waals surface area contributed by atoms with Crippen LogP contribution < -0.4 is 10.2 Å². The maximum absolute atomic E-state index is 13.9. The van der Waals surface area contributed by atoms with Crippen molar-refractivity contribution in [2.24, 2.45) is 15.7 Å². The fraction of sp³-hybridized carbons (Fsp3) is 0.375. The van der Waals surface area contributed by atoms with Crippen molar-refractivity contribution in [2.75, 3.05) is 10.2 Å². The maximum Gasteiger partial charge on any atom is 0.286 e. The number of ketones is 2. The van der Waals surface area contributed by atoms with Gasteiger partial charge in [-0.05, 0) is 48.9 Å². The number of hydrogen-bond donors (Lipinski definition) is 2. The first-order chi connectivity index (χ1) is 15.4. The van der Waals surface area contributed by atoms with Crippen LogP contribution in [0.2, 0.25) is 0 Å². The van der Waals surface area contributed by atoms with Crippen molar-refractivity contribution < 1.29 is 18.0 Å². The Morgan fingerprint density at radius 3 is 2.52 bits per heavy atom. The Labute approximate surface area is 198 Å². The van der Waals surface area contributed by atoms with Gasteiger partial charge >= 0.3 is 0 Å². The molecular weight excluding hydrogens is 462 g/mol. The van der Waals surface area contributed by atoms with Gasteiger partial charge in [-0.15, -0.1) is 4.40 Å². The Bertz CT molecular complexity index is 1300. The second-order valence-electron chi connectivity index (χ2n) is 9.98. The van der Waals surface area contributed by atoms with Gasteiger partial charge in [0.1, 0.15) is 16.6 Å². The van der Waals surface area contributed by atoms with Gasteiger partial charge in [-0.25, -0.2) is 0 Å². The monoisotopic (exact) mass is 487 g/mol. The van der Waals surface area contributed by atoms with Gasteiger partial charge in [0.15, 0.2) is 11.6 Å². The van der Waals surface area contributed by atoms with Crippen molar-refractivity contribution in [3.8, 4) is 0 Å². The molecule has 0 spiro atoms. The van der Waals surface area contributed by atoms with Gasteiger partial charge in [0.05, 0.1) is 16.8 Å². The molecule has 1 heterocycles. The molecule has 174 valence electrons. The van der Waals surface area contributed by atoms with E-state index >= 15 is 0 Å². The van der Waals surface area contributed by atoms with E-state index in [0.717, 1.165) is 6.42 Å². The third-order valence-electron chi connectivity index (χ3n) is 6.35. The Hall–Kier alpha value is -2.71. The molecule has 0 saturated carbocycles. The highest BCUT2D eigenvalue weighted by Crippen LogP contribution is 2.44. The topological polar surface area (TPSA) is 105 Å². The van der Waals surface area contributed by atoms with Crippen molar-refractivity contribution in [1.82, 2.24) is 0 Å². The van der Waals surface area contributed by atoms with Gasteiger partial charge < -0.3 is 5.32 Å². The lowest BCUT2D eigenvalue weighted by atomic mass is 9.62. The largest absolute Gasteiger partial charge is 0.341 e. The smallest absolute Gasteiger partial charge is 0.286 e. The first kappa shape index (κ1) is 23.4. The quantitative estimate of drug-likeness (QED) is 0.468. The number of fused-ring (bicyclic) bond motifs is 2. The summed E-state index contributed by atoms with van der Waals surface area (Å²) in [5.41, 5.74) is 0.750. The van der Waals surface area contributed by atoms with Crippen molar-refractivity contribution >= 4 is 50.6 Å². The Kier molecular flexibility index (Phi) is 5.65. The van der Waals surface area contributed by atoms with Crippen LogP contribution in [0.3, 0.4) is 0 Å². The summed E-state index contributed by atoms with van der Waals surface area (Å²) in [5, 5.41) is 2.93. The van der Waals surface area contributed by atoms with Crippen LogP contribution in [0.5, 0.6) is 0 Å². The predicted octanol–water partition coefficient (Wildman–Crippen LogP) is 4.93. The van der Waals surface area contributed by atoms with Crippen LogP contribution in [-0.4, -0.2) is 25.8 Å². The van der Waals surface area contributed by atoms with Crippen molar-refractivity contribution in [3.05, 3.63) is 53.6 Å². The summed E-state index contributed by atoms with van der Waals surface area (Å²) in [6.07, 6.45) is 1.28. The maximum atomic E-state index is 13.9. The minimum absolute atomic E-state index is 0.0216. The molecule has 33 heavy (non-hydrogen) atoms. The minimum Gasteiger partial charge on any atom is -0.341 e. The highest BCUT2D eigenvalue weighted by molar-refractivity contribution is 7.90. The number of carbonyl (C=O) groups excluding carboxylic acids is 2. The third-order valence-corrected chi connectivity index (χ3v) is 7.90. The van der Waals surface area contributed by atoms with E-state index in [2.05, 4.69) is 35.3 Å². The van der Waals surface area contributed by atoms with Crippen molar-refractivity contribution in [1.29, 1.82) is 0 Å². The summed E-state index contributed by atoms with van der Waals surface area (Å²) in [6, 6.07) is 11.5. The molecule has 0 saturated heterocycles. The highest BCUT2D eigenvalue weighted by Gasteiger charge is 2.51. The summed E-state index contributed by atoms with van der Waals surface area (Å²) in [7, 11) is -4.15. The van der Waals surface area contributed by atoms with Crippen LogP contribution in [0.4, 0.5) is 11.4 Å². The number of nitrogens with zero attached hydrogens (tertiary/aromatic N) is 1. The van der Waals surface area contributed by atoms with E-state index in [1.165, 1.54) is 12.1 Å². The Morgan fingerprint density at radius 1 is 1.15 bits per heavy atom. The molecule has 1 aliphatic heterocycles. The van der Waals surface area contributed by atoms with Crippen molar-refractivity contribution in [3.63, 3.8) is 0 Å². The zero-order chi connectivity index (χ0) is 24.2. The van der Waals surface area contributed by atoms with Gasteiger partial charge in [-0.2, -0.15) is 8.42 Å². The SMILES string of the molecule is CC(C)(C)CCC1(C)C(=O)C(C2=NS(=O)(=O)c3cc(NCl)ccc3N2)C(=O)c2ccccc21. The van der Waals surface area contributed by atoms with Gasteiger partial charge in [-0.1, -0.05) is 45.0 Å². The number of Topliss-reactive ketones (excluding diaryl/α,β-unsaturated/α-hetero) is 2. The van der Waals surface area contributed by atoms with Crippen LogP contribution in [0.15, 0.2) is 51.8 Å². The van der Waals surface area contributed by atoms with Crippen LogP contribution in [0.1, 0.15) is 56.5 Å². The summed E-state index contributed by atoms with van der Waals surface area (Å²) in [5.74, 6) is -2.30. The summed E-state index contributed by atoms with van der Waals surface area (Å²) >= 11 is 5.60. The first-order valence-corrected chi connectivity index (χ1v) is 12.5. The molecule has 2 aromatic rings. The number of amidine groups is 1. The molecule has 2 aliphatic rings. The number of sulfonamides is 1. The fourth-order valence-corrected chi connectivity index (χ4v) is 5.70. The Balaban J connectivity index is 1.83. The summed E-state index contributed by atoms with van der Waals surface area (Å²) in [4.78, 5) is 29.7. The lowest BCUT2D eigenvalue weighted by Crippen LogP contribution is -2.51. The first-order valence-electron chi connectivity index (χ1n) is 10.7. The molecular formula is C24H26ClN3O4S. The van der Waals surface area contributed by atoms with E-state index in [0.29, 0.717) is 23.2 Å². The van der Waals surface area contributed by atoms with Crippen LogP contribution in [-0.2, 0) is 20.2 Å². The zero-order valence-electron chi connectivity index (χ0n) is 18.9. The molecule has 7 nitrogen and oxygen atoms in total. The molecule has 4 rings (SSSR count). The molecule has 2 unspecified atom stereocenters. The number of nitrogens with one attached hydrogen (secondary N) is 2. The second kappa shape index (κ2) is 7.95. The number of carbonyl (C=O) groups is 2. The molecule has 0 bridgehead atoms. The minimum atomic E-state index is -4.15. The molecule has 0 amide bonds. The molecule has 0 radical (unpaired) electrons. The van der Waals surface area contributed by atoms with E-state index in [9.17, 15) is 18.0 Å². The average Bonchev–Trinajstić information content (AvgIpc) is 2.75. The fourth-order valence-electron chi connectivity index (χ4n) is 4.40. The van der Waals surface area contributed by atoms with E-state index in [-0.39, 0.29) is 27.6 Å².